The van der Waals surface area contributed by atoms with Crippen LogP contribution in [-0.4, -0.2) is 98.6 Å². The summed E-state index contributed by atoms with van der Waals surface area (Å²) in [7, 11) is 1.61. The first kappa shape index (κ1) is 28.2. The molecule has 0 radical (unpaired) electrons. The molecular formula is C22H34N4O7S. The number of aromatic carboxylic acids is 1. The number of carboxylic acids is 1. The van der Waals surface area contributed by atoms with Crippen molar-refractivity contribution in [1.29, 1.82) is 0 Å². The molecular weight excluding hydrogens is 464 g/mol. The summed E-state index contributed by atoms with van der Waals surface area (Å²) in [6, 6.07) is -0.336. The van der Waals surface area contributed by atoms with Gasteiger partial charge >= 0.3 is 5.13 Å². The predicted molar refractivity (Wildman–Crippen MR) is 123 cm³/mol. The van der Waals surface area contributed by atoms with Crippen molar-refractivity contribution in [3.63, 3.8) is 0 Å². The van der Waals surface area contributed by atoms with Crippen LogP contribution in [-0.2, 0) is 21.3 Å². The van der Waals surface area contributed by atoms with Gasteiger partial charge in [0.25, 0.3) is 0 Å². The van der Waals surface area contributed by atoms with E-state index in [2.05, 4.69) is 15.1 Å². The summed E-state index contributed by atoms with van der Waals surface area (Å²) in [6.07, 6.45) is 7.86. The average molecular weight is 499 g/mol. The van der Waals surface area contributed by atoms with Crippen molar-refractivity contribution >= 4 is 22.4 Å². The fraction of sp³-hybridized carbons (Fsp3) is 0.636. The highest BCUT2D eigenvalue weighted by Gasteiger charge is 2.39. The molecule has 190 valence electrons. The topological polar surface area (TPSA) is 140 Å². The minimum Gasteiger partial charge on any atom is -0.541 e. The van der Waals surface area contributed by atoms with Gasteiger partial charge in [0.05, 0.1) is 70.6 Å². The Morgan fingerprint density at radius 3 is 2.32 bits per heavy atom. The Balaban J connectivity index is 2.10. The van der Waals surface area contributed by atoms with E-state index >= 15 is 0 Å². The van der Waals surface area contributed by atoms with Crippen LogP contribution >= 0.6 is 11.3 Å². The molecule has 12 heteroatoms. The first-order valence-electron chi connectivity index (χ1n) is 11.1. The van der Waals surface area contributed by atoms with Gasteiger partial charge in [-0.05, 0) is 18.3 Å². The number of allylic oxidation sites excluding steroid dienone is 2. The first-order chi connectivity index (χ1) is 16.4. The third-order valence-corrected chi connectivity index (χ3v) is 6.28. The van der Waals surface area contributed by atoms with Crippen LogP contribution in [0, 0.1) is 0 Å². The number of carboxylic acid groups (broad SMARTS) is 1. The molecule has 1 aromatic heterocycles. The Morgan fingerprint density at radius 1 is 1.12 bits per heavy atom. The predicted octanol–water partition coefficient (Wildman–Crippen LogP) is -0.390. The molecule has 0 fully saturated rings. The number of hydrogen-bond acceptors (Lipinski definition) is 11. The van der Waals surface area contributed by atoms with Gasteiger partial charge in [-0.2, -0.15) is 0 Å². The van der Waals surface area contributed by atoms with Crippen molar-refractivity contribution in [3.05, 3.63) is 35.4 Å². The monoisotopic (exact) mass is 498 g/mol. The maximum Gasteiger partial charge on any atom is 0.408 e. The molecule has 11 nitrogen and oxygen atoms in total. The average Bonchev–Trinajstić information content (AvgIpc) is 3.19. The summed E-state index contributed by atoms with van der Waals surface area (Å²) in [5.74, 6) is -1.26. The largest absolute Gasteiger partial charge is 0.541 e. The van der Waals surface area contributed by atoms with Gasteiger partial charge in [-0.25, -0.2) is 4.57 Å². The van der Waals surface area contributed by atoms with E-state index in [-0.39, 0.29) is 38.2 Å². The van der Waals surface area contributed by atoms with E-state index in [1.165, 1.54) is 21.3 Å². The second-order valence-corrected chi connectivity index (χ2v) is 8.49. The fourth-order valence-corrected chi connectivity index (χ4v) is 4.24. The number of hydrogen-bond donors (Lipinski definition) is 2. The Kier molecular flexibility index (Phi) is 12.5. The number of aromatic nitrogens is 1. The number of azo groups is 1. The number of nitrogens with zero attached hydrogens (tertiary/aromatic N) is 4. The van der Waals surface area contributed by atoms with Gasteiger partial charge in [0.15, 0.2) is 5.69 Å². The molecule has 1 heterocycles. The minimum atomic E-state index is -1.26. The van der Waals surface area contributed by atoms with Crippen LogP contribution in [0.15, 0.2) is 39.9 Å². The number of thiazole rings is 1. The van der Waals surface area contributed by atoms with Gasteiger partial charge in [0.1, 0.15) is 12.0 Å². The van der Waals surface area contributed by atoms with Crippen molar-refractivity contribution in [3.8, 4) is 0 Å². The summed E-state index contributed by atoms with van der Waals surface area (Å²) >= 11 is 1.18. The summed E-state index contributed by atoms with van der Waals surface area (Å²) in [5, 5.41) is 39.8. The van der Waals surface area contributed by atoms with E-state index in [9.17, 15) is 9.90 Å². The van der Waals surface area contributed by atoms with Crippen molar-refractivity contribution in [2.45, 2.75) is 18.5 Å². The number of aliphatic hydroxyl groups excluding tert-OH is 2. The number of ether oxygens (including phenoxy) is 3. The fourth-order valence-electron chi connectivity index (χ4n) is 3.41. The molecule has 2 N–H and O–H groups in total. The van der Waals surface area contributed by atoms with E-state index in [1.807, 2.05) is 31.2 Å². The molecule has 2 rings (SSSR count). The van der Waals surface area contributed by atoms with Crippen molar-refractivity contribution < 1.29 is 38.9 Å². The number of carbonyl (C=O) groups excluding carboxylic acids is 1. The lowest BCUT2D eigenvalue weighted by molar-refractivity contribution is -0.658. The van der Waals surface area contributed by atoms with Crippen molar-refractivity contribution in [1.82, 2.24) is 4.90 Å². The Labute approximate surface area is 203 Å². The summed E-state index contributed by atoms with van der Waals surface area (Å²) in [5.41, 5.74) is -0.492. The van der Waals surface area contributed by atoms with E-state index in [0.29, 0.717) is 44.6 Å². The van der Waals surface area contributed by atoms with Crippen LogP contribution in [0.4, 0.5) is 5.13 Å². The second-order valence-electron chi connectivity index (χ2n) is 7.65. The molecule has 0 spiro atoms. The quantitative estimate of drug-likeness (QED) is 0.168. The summed E-state index contributed by atoms with van der Waals surface area (Å²) in [4.78, 5) is 13.4. The zero-order valence-corrected chi connectivity index (χ0v) is 20.5. The maximum absolute atomic E-state index is 11.2. The molecule has 0 aromatic carbocycles. The third-order valence-electron chi connectivity index (χ3n) is 5.37. The molecule has 0 saturated carbocycles. The normalized spacial score (nSPS) is 20.1. The summed E-state index contributed by atoms with van der Waals surface area (Å²) in [6.45, 7) is 5.39. The SMILES string of the molecule is C[n+]1c(C(=O)[O-])csc1N=NC1C=CC=CC1(C)N(CCOCCO)CCOCCOCCO. The lowest BCUT2D eigenvalue weighted by atomic mass is 9.86. The van der Waals surface area contributed by atoms with Gasteiger partial charge < -0.3 is 34.3 Å². The Bertz CT molecular complexity index is 845. The van der Waals surface area contributed by atoms with Crippen LogP contribution < -0.4 is 9.67 Å². The number of carbonyl (C=O) groups is 1. The smallest absolute Gasteiger partial charge is 0.408 e. The molecule has 2 unspecified atom stereocenters. The molecule has 34 heavy (non-hydrogen) atoms. The molecule has 0 aliphatic heterocycles. The van der Waals surface area contributed by atoms with Crippen LogP contribution in [0.2, 0.25) is 0 Å². The molecule has 1 aliphatic rings. The van der Waals surface area contributed by atoms with Crippen LogP contribution in [0.3, 0.4) is 0 Å². The molecule has 1 aliphatic carbocycles. The first-order valence-corrected chi connectivity index (χ1v) is 12.0. The Hall–Kier alpha value is -2.06. The Morgan fingerprint density at radius 2 is 1.74 bits per heavy atom. The lowest BCUT2D eigenvalue weighted by Crippen LogP contribution is -2.54. The van der Waals surface area contributed by atoms with Gasteiger partial charge in [-0.15, -0.1) is 0 Å². The van der Waals surface area contributed by atoms with Crippen LogP contribution in [0.25, 0.3) is 0 Å². The highest BCUT2D eigenvalue weighted by molar-refractivity contribution is 7.13. The number of rotatable bonds is 17. The lowest BCUT2D eigenvalue weighted by Gasteiger charge is -2.42. The molecule has 0 bridgehead atoms. The highest BCUT2D eigenvalue weighted by atomic mass is 32.1. The van der Waals surface area contributed by atoms with E-state index < -0.39 is 11.5 Å². The highest BCUT2D eigenvalue weighted by Crippen LogP contribution is 2.29. The van der Waals surface area contributed by atoms with Gasteiger partial charge in [-0.1, -0.05) is 29.4 Å². The van der Waals surface area contributed by atoms with E-state index in [1.54, 1.807) is 7.05 Å². The van der Waals surface area contributed by atoms with Crippen LogP contribution in [0.5, 0.6) is 0 Å². The van der Waals surface area contributed by atoms with E-state index in [4.69, 9.17) is 24.4 Å². The molecule has 0 saturated heterocycles. The minimum absolute atomic E-state index is 0.0201. The van der Waals surface area contributed by atoms with Gasteiger partial charge in [-0.3, -0.25) is 4.90 Å². The molecule has 0 amide bonds. The zero-order valence-electron chi connectivity index (χ0n) is 19.7. The van der Waals surface area contributed by atoms with Crippen molar-refractivity contribution in [2.24, 2.45) is 17.3 Å². The molecule has 2 atom stereocenters. The third kappa shape index (κ3) is 8.31. The molecule has 1 aromatic rings. The number of aliphatic hydroxyl groups is 2. The van der Waals surface area contributed by atoms with E-state index in [0.717, 1.165) is 0 Å². The second kappa shape index (κ2) is 15.0. The van der Waals surface area contributed by atoms with Crippen molar-refractivity contribution in [2.75, 3.05) is 65.9 Å². The maximum atomic E-state index is 11.2. The zero-order chi connectivity index (χ0) is 24.8. The van der Waals surface area contributed by atoms with Gasteiger partial charge in [0.2, 0.25) is 0 Å². The van der Waals surface area contributed by atoms with Gasteiger partial charge in [0, 0.05) is 18.5 Å². The summed E-state index contributed by atoms with van der Waals surface area (Å²) < 4.78 is 17.8. The standard InChI is InChI=1S/C22H34N4O7S/c1-22(26(7-11-31-13-9-27)8-12-32-15-16-33-14-10-28)6-4-3-5-19(22)23-24-21-25(2)18(17-34-21)20(29)30/h3-6,17,19,27-28H,7-16H2,1-2H3. The van der Waals surface area contributed by atoms with Crippen LogP contribution in [0.1, 0.15) is 17.4 Å².